The van der Waals surface area contributed by atoms with Gasteiger partial charge in [-0.1, -0.05) is 0 Å². The summed E-state index contributed by atoms with van der Waals surface area (Å²) < 4.78 is 0. The lowest BCUT2D eigenvalue weighted by molar-refractivity contribution is -0.133. The summed E-state index contributed by atoms with van der Waals surface area (Å²) in [6.45, 7) is 2.89. The zero-order valence-corrected chi connectivity index (χ0v) is 10.2. The molecule has 1 aliphatic rings. The van der Waals surface area contributed by atoms with Crippen LogP contribution in [-0.4, -0.2) is 49.2 Å². The van der Waals surface area contributed by atoms with Gasteiger partial charge in [-0.15, -0.1) is 0 Å². The molecule has 16 heavy (non-hydrogen) atoms. The number of hydrogen-bond donors (Lipinski definition) is 2. The Hall–Kier alpha value is -0.610. The number of rotatable bonds is 6. The minimum atomic E-state index is 0.243. The fraction of sp³-hybridized carbons (Fsp3) is 0.917. The number of nitrogens with zero attached hydrogens (tertiary/aromatic N) is 1. The molecule has 94 valence electrons. The number of amides is 1. The number of carbonyl (C=O) groups excluding carboxylic acids is 1. The predicted molar refractivity (Wildman–Crippen MR) is 64.2 cm³/mol. The van der Waals surface area contributed by atoms with E-state index in [9.17, 15) is 4.79 Å². The zero-order valence-electron chi connectivity index (χ0n) is 10.2. The van der Waals surface area contributed by atoms with Gasteiger partial charge >= 0.3 is 0 Å². The number of aliphatic hydroxyl groups excluding tert-OH is 1. The quantitative estimate of drug-likeness (QED) is 0.655. The summed E-state index contributed by atoms with van der Waals surface area (Å²) in [6.07, 6.45) is 4.63. The number of likely N-dealkylation sites (tertiary alicyclic amines) is 1. The Labute approximate surface area is 98.0 Å². The highest BCUT2D eigenvalue weighted by Crippen LogP contribution is 2.19. The lowest BCUT2D eigenvalue weighted by atomic mass is 9.95. The molecule has 1 heterocycles. The van der Waals surface area contributed by atoms with Crippen LogP contribution in [0.5, 0.6) is 0 Å². The van der Waals surface area contributed by atoms with Gasteiger partial charge in [-0.3, -0.25) is 4.79 Å². The zero-order chi connectivity index (χ0) is 11.8. The largest absolute Gasteiger partial charge is 0.396 e. The molecule has 1 unspecified atom stereocenters. The van der Waals surface area contributed by atoms with Crippen LogP contribution in [0, 0.1) is 5.92 Å². The third-order valence-corrected chi connectivity index (χ3v) is 3.23. The molecule has 1 aliphatic heterocycles. The van der Waals surface area contributed by atoms with E-state index in [1.54, 1.807) is 0 Å². The predicted octanol–water partition coefficient (Wildman–Crippen LogP) is 0.607. The number of carbonyl (C=O) groups is 1. The molecular weight excluding hydrogens is 204 g/mol. The molecule has 2 N–H and O–H groups in total. The van der Waals surface area contributed by atoms with Crippen molar-refractivity contribution in [2.75, 3.05) is 33.3 Å². The molecule has 0 saturated carbocycles. The molecule has 4 nitrogen and oxygen atoms in total. The number of nitrogens with one attached hydrogen (secondary N) is 1. The third kappa shape index (κ3) is 4.49. The summed E-state index contributed by atoms with van der Waals surface area (Å²) in [4.78, 5) is 13.8. The van der Waals surface area contributed by atoms with Crippen molar-refractivity contribution in [2.45, 2.75) is 32.1 Å². The molecule has 1 atom stereocenters. The highest BCUT2D eigenvalue weighted by molar-refractivity contribution is 5.76. The van der Waals surface area contributed by atoms with Crippen molar-refractivity contribution in [1.82, 2.24) is 10.2 Å². The van der Waals surface area contributed by atoms with Gasteiger partial charge in [0, 0.05) is 26.1 Å². The molecule has 4 heteroatoms. The molecule has 0 aliphatic carbocycles. The van der Waals surface area contributed by atoms with Crippen LogP contribution in [0.4, 0.5) is 0 Å². The molecule has 0 aromatic rings. The molecule has 0 aromatic carbocycles. The van der Waals surface area contributed by atoms with Gasteiger partial charge in [0.15, 0.2) is 0 Å². The summed E-state index contributed by atoms with van der Waals surface area (Å²) in [5.74, 6) is 0.782. The van der Waals surface area contributed by atoms with Gasteiger partial charge in [-0.25, -0.2) is 0 Å². The number of aliphatic hydroxyl groups is 1. The fourth-order valence-electron chi connectivity index (χ4n) is 2.28. The van der Waals surface area contributed by atoms with Gasteiger partial charge in [0.05, 0.1) is 0 Å². The van der Waals surface area contributed by atoms with Gasteiger partial charge in [-0.05, 0) is 45.2 Å². The lowest BCUT2D eigenvalue weighted by Gasteiger charge is -2.32. The molecule has 0 bridgehead atoms. The summed E-state index contributed by atoms with van der Waals surface area (Å²) in [7, 11) is 1.91. The van der Waals surface area contributed by atoms with Gasteiger partial charge < -0.3 is 15.3 Å². The van der Waals surface area contributed by atoms with Crippen molar-refractivity contribution in [1.29, 1.82) is 0 Å². The minimum Gasteiger partial charge on any atom is -0.396 e. The summed E-state index contributed by atoms with van der Waals surface area (Å²) >= 11 is 0. The van der Waals surface area contributed by atoms with E-state index in [2.05, 4.69) is 5.32 Å². The average Bonchev–Trinajstić information content (AvgIpc) is 2.30. The summed E-state index contributed by atoms with van der Waals surface area (Å²) in [6, 6.07) is 0. The second-order valence-corrected chi connectivity index (χ2v) is 4.57. The highest BCUT2D eigenvalue weighted by Gasteiger charge is 2.22. The Balaban J connectivity index is 2.26. The van der Waals surface area contributed by atoms with Crippen LogP contribution >= 0.6 is 0 Å². The normalized spacial score (nSPS) is 21.1. The van der Waals surface area contributed by atoms with Crippen molar-refractivity contribution in [3.05, 3.63) is 0 Å². The van der Waals surface area contributed by atoms with E-state index in [0.717, 1.165) is 45.3 Å². The van der Waals surface area contributed by atoms with Crippen LogP contribution in [0.2, 0.25) is 0 Å². The maximum atomic E-state index is 11.9. The maximum absolute atomic E-state index is 11.9. The first-order chi connectivity index (χ1) is 7.77. The first-order valence-corrected chi connectivity index (χ1v) is 6.31. The van der Waals surface area contributed by atoms with Gasteiger partial charge in [0.2, 0.25) is 5.91 Å². The first-order valence-electron chi connectivity index (χ1n) is 6.31. The van der Waals surface area contributed by atoms with Crippen molar-refractivity contribution in [3.8, 4) is 0 Å². The van der Waals surface area contributed by atoms with Crippen LogP contribution < -0.4 is 5.32 Å². The highest BCUT2D eigenvalue weighted by atomic mass is 16.3. The van der Waals surface area contributed by atoms with Crippen LogP contribution in [0.15, 0.2) is 0 Å². The second kappa shape index (κ2) is 7.63. The van der Waals surface area contributed by atoms with E-state index in [0.29, 0.717) is 12.3 Å². The van der Waals surface area contributed by atoms with Crippen LogP contribution in [0.3, 0.4) is 0 Å². The van der Waals surface area contributed by atoms with Gasteiger partial charge in [-0.2, -0.15) is 0 Å². The number of hydrogen-bond acceptors (Lipinski definition) is 3. The molecule has 1 saturated heterocycles. The maximum Gasteiger partial charge on any atom is 0.222 e. The van der Waals surface area contributed by atoms with Gasteiger partial charge in [0.25, 0.3) is 0 Å². The molecule has 1 fully saturated rings. The third-order valence-electron chi connectivity index (χ3n) is 3.23. The minimum absolute atomic E-state index is 0.243. The van der Waals surface area contributed by atoms with Gasteiger partial charge in [0.1, 0.15) is 0 Å². The Morgan fingerprint density at radius 3 is 3.06 bits per heavy atom. The second-order valence-electron chi connectivity index (χ2n) is 4.57. The topological polar surface area (TPSA) is 52.6 Å². The van der Waals surface area contributed by atoms with E-state index < -0.39 is 0 Å². The van der Waals surface area contributed by atoms with Crippen molar-refractivity contribution >= 4 is 5.91 Å². The van der Waals surface area contributed by atoms with E-state index in [1.165, 1.54) is 0 Å². The first kappa shape index (κ1) is 13.5. The van der Waals surface area contributed by atoms with Crippen molar-refractivity contribution in [3.63, 3.8) is 0 Å². The molecular formula is C12H24N2O2. The Bertz CT molecular complexity index is 207. The molecule has 0 spiro atoms. The average molecular weight is 228 g/mol. The summed E-state index contributed by atoms with van der Waals surface area (Å²) in [5, 5.41) is 12.0. The van der Waals surface area contributed by atoms with E-state index >= 15 is 0 Å². The Kier molecular flexibility index (Phi) is 6.42. The van der Waals surface area contributed by atoms with E-state index in [1.807, 2.05) is 11.9 Å². The Morgan fingerprint density at radius 2 is 2.38 bits per heavy atom. The molecule has 1 amide bonds. The fourth-order valence-corrected chi connectivity index (χ4v) is 2.28. The van der Waals surface area contributed by atoms with Crippen LogP contribution in [0.1, 0.15) is 32.1 Å². The molecule has 1 rings (SSSR count). The van der Waals surface area contributed by atoms with Crippen molar-refractivity contribution in [2.24, 2.45) is 5.92 Å². The Morgan fingerprint density at radius 1 is 1.56 bits per heavy atom. The standard InChI is InChI=1S/C12H24N2O2/c1-13-7-2-5-12(16)14-8-3-4-11(10-14)6-9-15/h11,13,15H,2-10H2,1H3. The monoisotopic (exact) mass is 228 g/mol. The van der Waals surface area contributed by atoms with Crippen molar-refractivity contribution < 1.29 is 9.90 Å². The summed E-state index contributed by atoms with van der Waals surface area (Å²) in [5.41, 5.74) is 0. The SMILES string of the molecule is CNCCCC(=O)N1CCCC(CCO)C1. The lowest BCUT2D eigenvalue weighted by Crippen LogP contribution is -2.40. The van der Waals surface area contributed by atoms with E-state index in [4.69, 9.17) is 5.11 Å². The van der Waals surface area contributed by atoms with Crippen LogP contribution in [-0.2, 0) is 4.79 Å². The smallest absolute Gasteiger partial charge is 0.222 e. The molecule has 0 aromatic heterocycles. The van der Waals surface area contributed by atoms with Crippen LogP contribution in [0.25, 0.3) is 0 Å². The number of piperidine rings is 1. The van der Waals surface area contributed by atoms with E-state index in [-0.39, 0.29) is 12.5 Å². The molecule has 0 radical (unpaired) electrons.